The second-order valence-electron chi connectivity index (χ2n) is 2.99. The number of nitrogens with zero attached hydrogens (tertiary/aromatic N) is 1. The van der Waals surface area contributed by atoms with E-state index in [0.29, 0.717) is 6.61 Å². The van der Waals surface area contributed by atoms with Crippen LogP contribution < -0.4 is 0 Å². The molecular weight excluding hydrogens is 186 g/mol. The smallest absolute Gasteiger partial charge is 0.417 e. The number of carbonyl (C=O) groups is 2. The lowest BCUT2D eigenvalue weighted by atomic mass is 10.3. The first-order valence-corrected chi connectivity index (χ1v) is 4.34. The molecule has 14 heavy (non-hydrogen) atoms. The lowest BCUT2D eigenvalue weighted by Crippen LogP contribution is -2.51. The summed E-state index contributed by atoms with van der Waals surface area (Å²) in [5.74, 6) is -0.363. The molecule has 0 aromatic carbocycles. The lowest BCUT2D eigenvalue weighted by Gasteiger charge is -2.30. The summed E-state index contributed by atoms with van der Waals surface area (Å²) in [6, 6.07) is -0.270. The summed E-state index contributed by atoms with van der Waals surface area (Å²) in [6.07, 6.45) is 0.818. The summed E-state index contributed by atoms with van der Waals surface area (Å²) in [6.45, 7) is 5.54. The molecule has 0 bridgehead atoms. The summed E-state index contributed by atoms with van der Waals surface area (Å²) < 4.78 is 9.72. The Labute approximate surface area is 82.3 Å². The van der Waals surface area contributed by atoms with Crippen molar-refractivity contribution >= 4 is 12.0 Å². The number of hydrogen-bond acceptors (Lipinski definition) is 4. The van der Waals surface area contributed by atoms with Gasteiger partial charge in [-0.25, -0.2) is 9.69 Å². The molecule has 1 fully saturated rings. The largest absolute Gasteiger partial charge is 0.445 e. The predicted octanol–water partition coefficient (Wildman–Crippen LogP) is 0.556. The number of imide groups is 1. The van der Waals surface area contributed by atoms with Gasteiger partial charge in [-0.05, 0) is 6.92 Å². The quantitative estimate of drug-likeness (QED) is 0.609. The zero-order valence-corrected chi connectivity index (χ0v) is 8.06. The van der Waals surface area contributed by atoms with Gasteiger partial charge in [-0.3, -0.25) is 4.79 Å². The van der Waals surface area contributed by atoms with Gasteiger partial charge in [0.1, 0.15) is 13.2 Å². The van der Waals surface area contributed by atoms with Crippen LogP contribution in [-0.2, 0) is 14.3 Å². The molecule has 0 aromatic heterocycles. The van der Waals surface area contributed by atoms with Gasteiger partial charge in [0.2, 0.25) is 0 Å². The molecule has 0 aromatic rings. The second kappa shape index (κ2) is 4.76. The Morgan fingerprint density at radius 1 is 1.86 bits per heavy atom. The first-order chi connectivity index (χ1) is 6.66. The molecule has 2 amide bonds. The van der Waals surface area contributed by atoms with Gasteiger partial charge in [0.25, 0.3) is 5.91 Å². The van der Waals surface area contributed by atoms with Gasteiger partial charge in [0, 0.05) is 0 Å². The Morgan fingerprint density at radius 2 is 2.57 bits per heavy atom. The van der Waals surface area contributed by atoms with Crippen LogP contribution in [0.5, 0.6) is 0 Å². The fourth-order valence-corrected chi connectivity index (χ4v) is 1.19. The molecule has 5 nitrogen and oxygen atoms in total. The van der Waals surface area contributed by atoms with Crippen LogP contribution in [0.3, 0.4) is 0 Å². The summed E-state index contributed by atoms with van der Waals surface area (Å²) in [5.41, 5.74) is 0. The monoisotopic (exact) mass is 199 g/mol. The molecule has 5 heteroatoms. The zero-order valence-electron chi connectivity index (χ0n) is 8.06. The fraction of sp³-hybridized carbons (Fsp3) is 0.556. The van der Waals surface area contributed by atoms with Gasteiger partial charge in [0.15, 0.2) is 0 Å². The number of morpholine rings is 1. The number of amides is 2. The van der Waals surface area contributed by atoms with Crippen LogP contribution in [0.2, 0.25) is 0 Å². The normalized spacial score (nSPS) is 21.9. The van der Waals surface area contributed by atoms with Crippen LogP contribution in [0.1, 0.15) is 6.92 Å². The molecule has 1 aliphatic rings. The minimum absolute atomic E-state index is 0.0620. The van der Waals surface area contributed by atoms with Crippen molar-refractivity contribution < 1.29 is 19.1 Å². The highest BCUT2D eigenvalue weighted by Gasteiger charge is 2.31. The highest BCUT2D eigenvalue weighted by atomic mass is 16.6. The van der Waals surface area contributed by atoms with Gasteiger partial charge in [-0.2, -0.15) is 0 Å². The van der Waals surface area contributed by atoms with E-state index < -0.39 is 6.09 Å². The van der Waals surface area contributed by atoms with Crippen molar-refractivity contribution in [1.82, 2.24) is 4.90 Å². The first-order valence-electron chi connectivity index (χ1n) is 4.34. The van der Waals surface area contributed by atoms with E-state index in [4.69, 9.17) is 9.47 Å². The number of carbonyl (C=O) groups excluding carboxylic acids is 2. The molecule has 0 unspecified atom stereocenters. The van der Waals surface area contributed by atoms with Crippen molar-refractivity contribution in [2.45, 2.75) is 13.0 Å². The third kappa shape index (κ3) is 2.32. The minimum atomic E-state index is -0.634. The van der Waals surface area contributed by atoms with Gasteiger partial charge in [-0.15, -0.1) is 0 Å². The van der Waals surface area contributed by atoms with Crippen LogP contribution in [0.4, 0.5) is 4.79 Å². The average Bonchev–Trinajstić information content (AvgIpc) is 2.14. The van der Waals surface area contributed by atoms with Crippen LogP contribution in [-0.4, -0.2) is 42.8 Å². The van der Waals surface area contributed by atoms with E-state index >= 15 is 0 Å². The van der Waals surface area contributed by atoms with E-state index in [-0.39, 0.29) is 25.2 Å². The standard InChI is InChI=1S/C9H13NO4/c1-3-4-14-9(12)10-7(2)5-13-6-8(10)11/h3,7H,1,4-6H2,2H3/t7-/m0/s1. The second-order valence-corrected chi connectivity index (χ2v) is 2.99. The van der Waals surface area contributed by atoms with E-state index in [1.54, 1.807) is 6.92 Å². The van der Waals surface area contributed by atoms with Crippen LogP contribution in [0.25, 0.3) is 0 Å². The van der Waals surface area contributed by atoms with Gasteiger partial charge in [0.05, 0.1) is 12.6 Å². The molecule has 0 aliphatic carbocycles. The number of ether oxygens (including phenoxy) is 2. The van der Waals surface area contributed by atoms with Crippen LogP contribution in [0.15, 0.2) is 12.7 Å². The molecule has 78 valence electrons. The molecule has 0 radical (unpaired) electrons. The van der Waals surface area contributed by atoms with E-state index in [1.165, 1.54) is 6.08 Å². The molecule has 1 heterocycles. The molecule has 1 atom stereocenters. The van der Waals surface area contributed by atoms with Crippen molar-refractivity contribution in [2.75, 3.05) is 19.8 Å². The predicted molar refractivity (Wildman–Crippen MR) is 48.7 cm³/mol. The lowest BCUT2D eigenvalue weighted by molar-refractivity contribution is -0.144. The third-order valence-corrected chi connectivity index (χ3v) is 1.82. The van der Waals surface area contributed by atoms with E-state index in [9.17, 15) is 9.59 Å². The van der Waals surface area contributed by atoms with Crippen molar-refractivity contribution in [3.8, 4) is 0 Å². The highest BCUT2D eigenvalue weighted by Crippen LogP contribution is 2.09. The Morgan fingerprint density at radius 3 is 3.14 bits per heavy atom. The molecular formula is C9H13NO4. The minimum Gasteiger partial charge on any atom is -0.445 e. The summed E-state index contributed by atoms with van der Waals surface area (Å²) in [4.78, 5) is 23.7. The average molecular weight is 199 g/mol. The maximum Gasteiger partial charge on any atom is 0.417 e. The fourth-order valence-electron chi connectivity index (χ4n) is 1.19. The van der Waals surface area contributed by atoms with E-state index in [0.717, 1.165) is 4.90 Å². The maximum atomic E-state index is 11.4. The van der Waals surface area contributed by atoms with Crippen LogP contribution in [0, 0.1) is 0 Å². The Bertz CT molecular complexity index is 251. The highest BCUT2D eigenvalue weighted by molar-refractivity contribution is 5.93. The van der Waals surface area contributed by atoms with Crippen molar-refractivity contribution in [1.29, 1.82) is 0 Å². The summed E-state index contributed by atoms with van der Waals surface area (Å²) in [5, 5.41) is 0. The van der Waals surface area contributed by atoms with Gasteiger partial charge < -0.3 is 9.47 Å². The van der Waals surface area contributed by atoms with Crippen molar-refractivity contribution in [3.05, 3.63) is 12.7 Å². The van der Waals surface area contributed by atoms with Gasteiger partial charge >= 0.3 is 6.09 Å². The SMILES string of the molecule is C=CCOC(=O)N1C(=O)COC[C@@H]1C. The number of hydrogen-bond donors (Lipinski definition) is 0. The molecule has 1 saturated heterocycles. The van der Waals surface area contributed by atoms with Crippen LogP contribution >= 0.6 is 0 Å². The third-order valence-electron chi connectivity index (χ3n) is 1.82. The van der Waals surface area contributed by atoms with E-state index in [2.05, 4.69) is 6.58 Å². The van der Waals surface area contributed by atoms with E-state index in [1.807, 2.05) is 0 Å². The van der Waals surface area contributed by atoms with Crippen molar-refractivity contribution in [3.63, 3.8) is 0 Å². The molecule has 1 aliphatic heterocycles. The maximum absolute atomic E-state index is 11.4. The Kier molecular flexibility index (Phi) is 3.64. The molecule has 0 spiro atoms. The first kappa shape index (κ1) is 10.7. The zero-order chi connectivity index (χ0) is 10.6. The Hall–Kier alpha value is -1.36. The van der Waals surface area contributed by atoms with Gasteiger partial charge in [-0.1, -0.05) is 12.7 Å². The topological polar surface area (TPSA) is 55.8 Å². The molecule has 0 N–H and O–H groups in total. The molecule has 1 rings (SSSR count). The summed E-state index contributed by atoms with van der Waals surface area (Å²) in [7, 11) is 0. The number of rotatable bonds is 2. The summed E-state index contributed by atoms with van der Waals surface area (Å²) >= 11 is 0. The van der Waals surface area contributed by atoms with Crippen molar-refractivity contribution in [2.24, 2.45) is 0 Å². The Balaban J connectivity index is 2.58. The molecule has 0 saturated carbocycles.